The second-order valence-electron chi connectivity index (χ2n) is 30.3. The molecule has 26 nitrogen and oxygen atoms in total. The maximum atomic E-state index is 5.49. The van der Waals surface area contributed by atoms with Gasteiger partial charge in [0.25, 0.3) is 0 Å². The van der Waals surface area contributed by atoms with Gasteiger partial charge in [-0.3, -0.25) is 0 Å². The second-order valence-corrected chi connectivity index (χ2v) is 30.3. The maximum absolute atomic E-state index is 5.49. The van der Waals surface area contributed by atoms with E-state index in [0.717, 1.165) is 234 Å². The molecule has 0 radical (unpaired) electrons. The lowest BCUT2D eigenvalue weighted by molar-refractivity contribution is 0.354. The van der Waals surface area contributed by atoms with Crippen molar-refractivity contribution < 1.29 is 100 Å². The molecule has 0 fully saturated rings. The topological polar surface area (TPSA) is 241 Å². The Kier molecular flexibility index (Phi) is 25.3. The second kappa shape index (κ2) is 36.7. The van der Waals surface area contributed by atoms with Gasteiger partial charge in [-0.2, -0.15) is 0 Å². The van der Waals surface area contributed by atoms with E-state index < -0.39 is 0 Å². The first-order chi connectivity index (χ1) is 61.0. The summed E-state index contributed by atoms with van der Waals surface area (Å²) < 4.78 is 121. The molecule has 20 rings (SSSR count). The fourth-order valence-electron chi connectivity index (χ4n) is 18.3. The van der Waals surface area contributed by atoms with Gasteiger partial charge in [0, 0.05) is 146 Å². The number of nitrogens with zero attached hydrogens (tertiary/aromatic N) is 5. The van der Waals surface area contributed by atoms with Crippen molar-refractivity contribution in [1.29, 1.82) is 0 Å². The number of methoxy groups -OCH3 is 20. The summed E-state index contributed by atoms with van der Waals surface area (Å²) in [5, 5.41) is 5.67. The van der Waals surface area contributed by atoms with Crippen LogP contribution in [0, 0.1) is 0 Å². The Balaban J connectivity index is 0.000000121. The van der Waals surface area contributed by atoms with E-state index in [2.05, 4.69) is 114 Å². The zero-order valence-electron chi connectivity index (χ0n) is 74.9. The predicted molar refractivity (Wildman–Crippen MR) is 490 cm³/mol. The molecule has 0 amide bonds. The van der Waals surface area contributed by atoms with E-state index in [1.165, 1.54) is 84.1 Å². The summed E-state index contributed by atoms with van der Waals surface area (Å²) in [5.41, 5.74) is 23.8. The first kappa shape index (κ1) is 86.8. The van der Waals surface area contributed by atoms with Crippen molar-refractivity contribution in [2.24, 2.45) is 0 Å². The largest absolute Gasteiger partial charge is 0.493 e. The molecule has 0 spiro atoms. The molecule has 126 heavy (non-hydrogen) atoms. The maximum Gasteiger partial charge on any atom is 0.162 e. The summed E-state index contributed by atoms with van der Waals surface area (Å²) in [6, 6.07) is 52.1. The fourth-order valence-corrected chi connectivity index (χ4v) is 18.3. The van der Waals surface area contributed by atoms with Crippen LogP contribution in [0.2, 0.25) is 0 Å². The first-order valence-corrected chi connectivity index (χ1v) is 41.0. The van der Waals surface area contributed by atoms with Crippen LogP contribution in [0.3, 0.4) is 0 Å². The van der Waals surface area contributed by atoms with Gasteiger partial charge in [-0.25, -0.2) is 0 Å². The molecule has 15 aromatic rings. The molecule has 0 atom stereocenters. The first-order valence-electron chi connectivity index (χ1n) is 41.0. The van der Waals surface area contributed by atoms with Gasteiger partial charge in [0.15, 0.2) is 115 Å². The van der Waals surface area contributed by atoms with Gasteiger partial charge in [0.1, 0.15) is 0 Å². The van der Waals surface area contributed by atoms with Crippen LogP contribution in [0.1, 0.15) is 27.8 Å². The Labute approximate surface area is 731 Å². The monoisotopic (exact) mass is 1710 g/mol. The standard InChI is InChI=1S/5C20H21NO4.H2O/c5*1-22-17-8-12-5-6-21-15-11-20(25-4)18(23-2)9-13(15)7-16(21)14(12)10-19(17)24-3;/h5*7-11H,5-6H2,1-4H3;1H2. The average molecular weight is 1710 g/mol. The molecule has 0 unspecified atom stereocenters. The molecule has 0 bridgehead atoms. The third kappa shape index (κ3) is 15.4. The Morgan fingerprint density at radius 2 is 0.270 bits per heavy atom. The van der Waals surface area contributed by atoms with Crippen molar-refractivity contribution in [2.45, 2.75) is 64.8 Å². The zero-order valence-corrected chi connectivity index (χ0v) is 74.9. The molecule has 0 aliphatic carbocycles. The van der Waals surface area contributed by atoms with Gasteiger partial charge in [-0.05, 0) is 181 Å². The third-order valence-electron chi connectivity index (χ3n) is 24.5. The molecule has 5 aliphatic rings. The van der Waals surface area contributed by atoms with Gasteiger partial charge in [-0.1, -0.05) is 0 Å². The zero-order chi connectivity index (χ0) is 87.8. The van der Waals surface area contributed by atoms with Crippen LogP contribution >= 0.6 is 0 Å². The van der Waals surface area contributed by atoms with Crippen molar-refractivity contribution >= 4 is 54.5 Å². The minimum Gasteiger partial charge on any atom is -0.493 e. The Morgan fingerprint density at radius 3 is 0.405 bits per heavy atom. The van der Waals surface area contributed by atoms with E-state index in [-0.39, 0.29) is 5.48 Å². The van der Waals surface area contributed by atoms with E-state index in [0.29, 0.717) is 0 Å². The summed E-state index contributed by atoms with van der Waals surface area (Å²) in [5.74, 6) is 15.0. The fraction of sp³-hybridized carbons (Fsp3) is 0.300. The van der Waals surface area contributed by atoms with Gasteiger partial charge >= 0.3 is 0 Å². The van der Waals surface area contributed by atoms with E-state index in [4.69, 9.17) is 94.7 Å². The van der Waals surface area contributed by atoms with Crippen molar-refractivity contribution in [3.63, 3.8) is 0 Å². The number of aryl methyl sites for hydroxylation is 10. The number of ether oxygens (including phenoxy) is 20. The molecule has 5 aromatic heterocycles. The normalized spacial score (nSPS) is 12.4. The summed E-state index contributed by atoms with van der Waals surface area (Å²) in [6.45, 7) is 4.57. The van der Waals surface area contributed by atoms with Gasteiger partial charge in [0.2, 0.25) is 0 Å². The van der Waals surface area contributed by atoms with Crippen LogP contribution in [0.25, 0.3) is 111 Å². The molecule has 2 N–H and O–H groups in total. The number of hydrogen-bond donors (Lipinski definition) is 0. The van der Waals surface area contributed by atoms with Crippen molar-refractivity contribution in [3.05, 3.63) is 179 Å². The van der Waals surface area contributed by atoms with Gasteiger partial charge in [0.05, 0.1) is 170 Å². The van der Waals surface area contributed by atoms with Crippen LogP contribution in [0.4, 0.5) is 0 Å². The van der Waals surface area contributed by atoms with Crippen molar-refractivity contribution in [3.8, 4) is 171 Å². The number of benzene rings is 10. The highest BCUT2D eigenvalue weighted by Gasteiger charge is 2.30. The molecule has 0 saturated carbocycles. The molecule has 26 heteroatoms. The Bertz CT molecular complexity index is 5710. The number of aromatic nitrogens is 5. The molecule has 10 aromatic carbocycles. The molecular weight excluding hydrogens is 1610 g/mol. The highest BCUT2D eigenvalue weighted by Crippen LogP contribution is 2.51. The number of rotatable bonds is 20. The quantitative estimate of drug-likeness (QED) is 0.0689. The lowest BCUT2D eigenvalue weighted by atomic mass is 9.97. The van der Waals surface area contributed by atoms with Crippen LogP contribution in [-0.4, -0.2) is 171 Å². The van der Waals surface area contributed by atoms with Gasteiger partial charge in [-0.15, -0.1) is 0 Å². The third-order valence-corrected chi connectivity index (χ3v) is 24.5. The van der Waals surface area contributed by atoms with E-state index in [1.807, 2.05) is 60.7 Å². The lowest BCUT2D eigenvalue weighted by Gasteiger charge is -2.22. The predicted octanol–water partition coefficient (Wildman–Crippen LogP) is 18.7. The highest BCUT2D eigenvalue weighted by molar-refractivity contribution is 5.96. The van der Waals surface area contributed by atoms with E-state index in [9.17, 15) is 0 Å². The van der Waals surface area contributed by atoms with Crippen LogP contribution in [0.5, 0.6) is 115 Å². The summed E-state index contributed by atoms with van der Waals surface area (Å²) >= 11 is 0. The molecule has 658 valence electrons. The van der Waals surface area contributed by atoms with Gasteiger partial charge < -0.3 is 123 Å². The van der Waals surface area contributed by atoms with Crippen molar-refractivity contribution in [2.75, 3.05) is 142 Å². The SMILES string of the molecule is COc1cc2c(cc1OC)-c1cc3cc(OC)c(OC)cc3n1CC2.COc1cc2c(cc1OC)-c1cc3cc(OC)c(OC)cc3n1CC2.COc1cc2c(cc1OC)-c1cc3cc(OC)c(OC)cc3n1CC2.COc1cc2c(cc1OC)-c1cc3cc(OC)c(OC)cc3n1CC2.COc1cc2c(cc1OC)-c1cc3cc(OC)c(OC)cc3n1CC2.O. The molecular formula is C100H107N5O21. The molecule has 5 aliphatic heterocycles. The summed E-state index contributed by atoms with van der Waals surface area (Å²) in [7, 11) is 33.3. The van der Waals surface area contributed by atoms with Crippen LogP contribution in [-0.2, 0) is 64.8 Å². The molecule has 0 saturated heterocycles. The number of hydrogen-bond acceptors (Lipinski definition) is 20. The lowest BCUT2D eigenvalue weighted by Crippen LogP contribution is -2.11. The average Bonchev–Trinajstić information content (AvgIpc) is 1.60. The Morgan fingerprint density at radius 1 is 0.151 bits per heavy atom. The number of fused-ring (bicyclic) bond motifs is 25. The van der Waals surface area contributed by atoms with E-state index >= 15 is 0 Å². The minimum atomic E-state index is 0. The van der Waals surface area contributed by atoms with E-state index in [1.54, 1.807) is 142 Å². The Hall–Kier alpha value is -14.1. The smallest absolute Gasteiger partial charge is 0.162 e. The summed E-state index contributed by atoms with van der Waals surface area (Å²) in [4.78, 5) is 0. The van der Waals surface area contributed by atoms with Crippen LogP contribution in [0.15, 0.2) is 152 Å². The minimum absolute atomic E-state index is 0. The molecule has 10 heterocycles. The van der Waals surface area contributed by atoms with Crippen LogP contribution < -0.4 is 94.7 Å². The highest BCUT2D eigenvalue weighted by atomic mass is 16.5. The van der Waals surface area contributed by atoms with Crippen molar-refractivity contribution in [1.82, 2.24) is 22.8 Å². The summed E-state index contributed by atoms with van der Waals surface area (Å²) in [6.07, 6.45) is 4.73.